The molecule has 1 aliphatic heterocycles. The van der Waals surface area contributed by atoms with E-state index in [1.165, 1.54) is 33.4 Å². The maximum absolute atomic E-state index is 12.6. The first-order valence-corrected chi connectivity index (χ1v) is 11.1. The number of amides is 2. The molecule has 0 saturated carbocycles. The highest BCUT2D eigenvalue weighted by molar-refractivity contribution is 7.15. The van der Waals surface area contributed by atoms with Crippen LogP contribution in [0.5, 0.6) is 0 Å². The van der Waals surface area contributed by atoms with Gasteiger partial charge in [0.2, 0.25) is 0 Å². The molecular formula is C21H22N6O3S. The first kappa shape index (κ1) is 19.8. The number of aryl methyl sites for hydroxylation is 2. The van der Waals surface area contributed by atoms with Crippen LogP contribution < -0.4 is 16.2 Å². The van der Waals surface area contributed by atoms with Gasteiger partial charge in [0.05, 0.1) is 30.6 Å². The van der Waals surface area contributed by atoms with E-state index in [0.29, 0.717) is 24.0 Å². The van der Waals surface area contributed by atoms with Gasteiger partial charge in [0.15, 0.2) is 5.13 Å². The fraction of sp³-hybridized carbons (Fsp3) is 0.381. The van der Waals surface area contributed by atoms with Gasteiger partial charge in [0, 0.05) is 28.9 Å². The molecule has 2 N–H and O–H groups in total. The van der Waals surface area contributed by atoms with E-state index < -0.39 is 6.04 Å². The molecule has 0 aromatic carbocycles. The quantitative estimate of drug-likeness (QED) is 0.647. The Morgan fingerprint density at radius 1 is 1.19 bits per heavy atom. The fourth-order valence-corrected chi connectivity index (χ4v) is 5.00. The average Bonchev–Trinajstić information content (AvgIpc) is 3.41. The Bertz CT molecular complexity index is 1120. The minimum atomic E-state index is -0.403. The van der Waals surface area contributed by atoms with Crippen molar-refractivity contribution < 1.29 is 9.53 Å². The molecule has 160 valence electrons. The minimum Gasteiger partial charge on any atom is -0.377 e. The molecule has 3 aromatic rings. The molecular weight excluding hydrogens is 416 g/mol. The number of hydrogen-bond donors (Lipinski definition) is 2. The van der Waals surface area contributed by atoms with Gasteiger partial charge >= 0.3 is 6.03 Å². The summed E-state index contributed by atoms with van der Waals surface area (Å²) in [5.41, 5.74) is 2.29. The van der Waals surface area contributed by atoms with Crippen molar-refractivity contribution in [3.8, 4) is 11.3 Å². The predicted molar refractivity (Wildman–Crippen MR) is 116 cm³/mol. The standard InChI is InChI=1S/C21H22N6O3S/c28-19-8-7-14(13-4-3-9-22-10-13)26-27(19)17-12-30-11-16(17)23-20(29)25-21-24-15-5-1-2-6-18(15)31-21/h3-4,7-10,16-17H,1-2,5-6,11-12H2,(H2,23,24,25,29). The van der Waals surface area contributed by atoms with E-state index in [4.69, 9.17) is 4.74 Å². The largest absolute Gasteiger partial charge is 0.377 e. The number of hydrogen-bond acceptors (Lipinski definition) is 7. The van der Waals surface area contributed by atoms with Crippen LogP contribution in [0.4, 0.5) is 9.93 Å². The summed E-state index contributed by atoms with van der Waals surface area (Å²) >= 11 is 1.53. The van der Waals surface area contributed by atoms with E-state index in [9.17, 15) is 9.59 Å². The third kappa shape index (κ3) is 4.21. The third-order valence-corrected chi connectivity index (χ3v) is 6.60. The monoisotopic (exact) mass is 438 g/mol. The van der Waals surface area contributed by atoms with Crippen molar-refractivity contribution in [2.45, 2.75) is 37.8 Å². The molecule has 10 heteroatoms. The SMILES string of the molecule is O=C(Nc1nc2c(s1)CCCC2)NC1COCC1n1nc(-c2cccnc2)ccc1=O. The molecule has 9 nitrogen and oxygen atoms in total. The van der Waals surface area contributed by atoms with E-state index in [-0.39, 0.29) is 17.6 Å². The topological polar surface area (TPSA) is 111 Å². The number of urea groups is 1. The molecule has 3 aromatic heterocycles. The number of rotatable bonds is 4. The molecule has 1 fully saturated rings. The van der Waals surface area contributed by atoms with E-state index >= 15 is 0 Å². The molecule has 2 unspecified atom stereocenters. The summed E-state index contributed by atoms with van der Waals surface area (Å²) in [6.07, 6.45) is 7.68. The number of nitrogens with one attached hydrogen (secondary N) is 2. The second-order valence-electron chi connectivity index (χ2n) is 7.65. The molecule has 1 saturated heterocycles. The van der Waals surface area contributed by atoms with E-state index in [1.807, 2.05) is 12.1 Å². The molecule has 0 radical (unpaired) electrons. The Morgan fingerprint density at radius 3 is 2.94 bits per heavy atom. The van der Waals surface area contributed by atoms with Gasteiger partial charge in [-0.1, -0.05) is 0 Å². The van der Waals surface area contributed by atoms with Gasteiger partial charge < -0.3 is 10.1 Å². The molecule has 1 aliphatic carbocycles. The summed E-state index contributed by atoms with van der Waals surface area (Å²) in [4.78, 5) is 35.0. The van der Waals surface area contributed by atoms with Gasteiger partial charge in [-0.25, -0.2) is 14.5 Å². The molecule has 2 amide bonds. The Kier molecular flexibility index (Phi) is 5.47. The van der Waals surface area contributed by atoms with Gasteiger partial charge in [0.25, 0.3) is 5.56 Å². The number of nitrogens with zero attached hydrogens (tertiary/aromatic N) is 4. The minimum absolute atomic E-state index is 0.247. The van der Waals surface area contributed by atoms with Crippen LogP contribution in [0.15, 0.2) is 41.5 Å². The van der Waals surface area contributed by atoms with Gasteiger partial charge in [-0.3, -0.25) is 15.1 Å². The lowest BCUT2D eigenvalue weighted by Gasteiger charge is -2.20. The number of aromatic nitrogens is 4. The summed E-state index contributed by atoms with van der Waals surface area (Å²) in [6, 6.07) is 5.70. The van der Waals surface area contributed by atoms with Crippen LogP contribution in [-0.4, -0.2) is 45.0 Å². The first-order chi connectivity index (χ1) is 15.2. The van der Waals surface area contributed by atoms with Gasteiger partial charge in [-0.2, -0.15) is 5.10 Å². The first-order valence-electron chi connectivity index (χ1n) is 10.3. The molecule has 2 atom stereocenters. The Balaban J connectivity index is 1.31. The zero-order valence-corrected chi connectivity index (χ0v) is 17.6. The van der Waals surface area contributed by atoms with Gasteiger partial charge in [0.1, 0.15) is 6.04 Å². The van der Waals surface area contributed by atoms with Gasteiger partial charge in [-0.15, -0.1) is 11.3 Å². The van der Waals surface area contributed by atoms with Crippen LogP contribution in [0.3, 0.4) is 0 Å². The number of anilines is 1. The Hall–Kier alpha value is -3.11. The fourth-order valence-electron chi connectivity index (χ4n) is 3.96. The van der Waals surface area contributed by atoms with Crippen molar-refractivity contribution in [1.82, 2.24) is 25.1 Å². The molecule has 31 heavy (non-hydrogen) atoms. The van der Waals surface area contributed by atoms with Crippen LogP contribution in [0.2, 0.25) is 0 Å². The molecule has 0 bridgehead atoms. The highest BCUT2D eigenvalue weighted by Gasteiger charge is 2.33. The Morgan fingerprint density at radius 2 is 2.10 bits per heavy atom. The molecule has 0 spiro atoms. The number of thiazole rings is 1. The van der Waals surface area contributed by atoms with Crippen LogP contribution in [0.1, 0.15) is 29.5 Å². The zero-order chi connectivity index (χ0) is 21.2. The van der Waals surface area contributed by atoms with Crippen molar-refractivity contribution >= 4 is 22.5 Å². The number of ether oxygens (including phenoxy) is 1. The van der Waals surface area contributed by atoms with Crippen molar-refractivity contribution in [3.63, 3.8) is 0 Å². The summed E-state index contributed by atoms with van der Waals surface area (Å²) in [5, 5.41) is 10.9. The highest BCUT2D eigenvalue weighted by atomic mass is 32.1. The summed E-state index contributed by atoms with van der Waals surface area (Å²) in [5.74, 6) is 0. The second kappa shape index (κ2) is 8.56. The van der Waals surface area contributed by atoms with Crippen LogP contribution in [0, 0.1) is 0 Å². The summed E-state index contributed by atoms with van der Waals surface area (Å²) in [7, 11) is 0. The third-order valence-electron chi connectivity index (χ3n) is 5.53. The predicted octanol–water partition coefficient (Wildman–Crippen LogP) is 2.40. The van der Waals surface area contributed by atoms with E-state index in [2.05, 4.69) is 25.7 Å². The van der Waals surface area contributed by atoms with Gasteiger partial charge in [-0.05, 0) is 43.9 Å². The van der Waals surface area contributed by atoms with Crippen molar-refractivity contribution in [2.24, 2.45) is 0 Å². The van der Waals surface area contributed by atoms with Crippen LogP contribution in [0.25, 0.3) is 11.3 Å². The number of carbonyl (C=O) groups is 1. The highest BCUT2D eigenvalue weighted by Crippen LogP contribution is 2.29. The number of carbonyl (C=O) groups excluding carboxylic acids is 1. The van der Waals surface area contributed by atoms with Crippen LogP contribution >= 0.6 is 11.3 Å². The average molecular weight is 439 g/mol. The zero-order valence-electron chi connectivity index (χ0n) is 16.8. The molecule has 4 heterocycles. The van der Waals surface area contributed by atoms with E-state index in [0.717, 1.165) is 30.5 Å². The van der Waals surface area contributed by atoms with Crippen molar-refractivity contribution in [2.75, 3.05) is 18.5 Å². The smallest absolute Gasteiger partial charge is 0.321 e. The van der Waals surface area contributed by atoms with Crippen LogP contribution in [-0.2, 0) is 17.6 Å². The van der Waals surface area contributed by atoms with Crippen molar-refractivity contribution in [3.05, 3.63) is 57.6 Å². The molecule has 5 rings (SSSR count). The lowest BCUT2D eigenvalue weighted by Crippen LogP contribution is -2.45. The summed E-state index contributed by atoms with van der Waals surface area (Å²) < 4.78 is 6.97. The summed E-state index contributed by atoms with van der Waals surface area (Å²) in [6.45, 7) is 0.595. The lowest BCUT2D eigenvalue weighted by molar-refractivity contribution is 0.181. The maximum Gasteiger partial charge on any atom is 0.321 e. The second-order valence-corrected chi connectivity index (χ2v) is 8.73. The maximum atomic E-state index is 12.6. The number of pyridine rings is 1. The lowest BCUT2D eigenvalue weighted by atomic mass is 10.0. The normalized spacial score (nSPS) is 20.3. The van der Waals surface area contributed by atoms with Crippen molar-refractivity contribution in [1.29, 1.82) is 0 Å². The Labute approximate surface area is 182 Å². The van der Waals surface area contributed by atoms with E-state index in [1.54, 1.807) is 18.5 Å². The number of fused-ring (bicyclic) bond motifs is 1. The molecule has 2 aliphatic rings.